The van der Waals surface area contributed by atoms with Crippen LogP contribution in [0.25, 0.3) is 0 Å². The normalized spacial score (nSPS) is 11.1. The number of rotatable bonds is 6. The molecule has 0 saturated heterocycles. The Balaban J connectivity index is 1.54. The first-order valence-electron chi connectivity index (χ1n) is 8.88. The van der Waals surface area contributed by atoms with Gasteiger partial charge in [-0.15, -0.1) is 0 Å². The van der Waals surface area contributed by atoms with Gasteiger partial charge in [0, 0.05) is 24.8 Å². The minimum absolute atomic E-state index is 0.0173. The van der Waals surface area contributed by atoms with Gasteiger partial charge in [-0.1, -0.05) is 18.2 Å². The van der Waals surface area contributed by atoms with Gasteiger partial charge in [0.25, 0.3) is 0 Å². The molecule has 138 valence electrons. The molecule has 0 bridgehead atoms. The van der Waals surface area contributed by atoms with Crippen LogP contribution in [0.5, 0.6) is 0 Å². The molecule has 0 saturated carbocycles. The highest BCUT2D eigenvalue weighted by atomic mass is 16.1. The molecule has 0 fully saturated rings. The third kappa shape index (κ3) is 4.88. The first-order chi connectivity index (χ1) is 13.0. The summed E-state index contributed by atoms with van der Waals surface area (Å²) in [4.78, 5) is 12.2. The predicted octanol–water partition coefficient (Wildman–Crippen LogP) is 5.02. The minimum Gasteiger partial charge on any atom is -0.326 e. The van der Waals surface area contributed by atoms with Crippen molar-refractivity contribution in [3.8, 4) is 0 Å². The van der Waals surface area contributed by atoms with Crippen LogP contribution in [0, 0.1) is 13.8 Å². The van der Waals surface area contributed by atoms with Gasteiger partial charge in [-0.05, 0) is 62.2 Å². The van der Waals surface area contributed by atoms with Crippen LogP contribution in [0.3, 0.4) is 0 Å². The van der Waals surface area contributed by atoms with Gasteiger partial charge in [0.2, 0.25) is 5.91 Å². The van der Waals surface area contributed by atoms with Gasteiger partial charge in [-0.25, -0.2) is 0 Å². The van der Waals surface area contributed by atoms with Crippen molar-refractivity contribution in [3.63, 3.8) is 0 Å². The summed E-state index contributed by atoms with van der Waals surface area (Å²) in [6.07, 6.45) is 1.10. The highest BCUT2D eigenvalue weighted by Gasteiger charge is 2.11. The maximum atomic E-state index is 12.2. The zero-order valence-corrected chi connectivity index (χ0v) is 15.8. The lowest BCUT2D eigenvalue weighted by atomic mass is 10.1. The van der Waals surface area contributed by atoms with E-state index >= 15 is 0 Å². The maximum absolute atomic E-state index is 12.2. The summed E-state index contributed by atoms with van der Waals surface area (Å²) in [5.41, 5.74) is 5.52. The Hall–Kier alpha value is -3.28. The number of nitrogens with zero attached hydrogens (tertiary/aromatic N) is 4. The molecule has 1 amide bonds. The van der Waals surface area contributed by atoms with E-state index in [2.05, 4.69) is 20.6 Å². The second-order valence-electron chi connectivity index (χ2n) is 6.40. The molecule has 2 aromatic carbocycles. The molecule has 27 heavy (non-hydrogen) atoms. The standard InChI is InChI=1S/C21H23N5O/c1-15-20(16(2)26(3)25-15)13-14-21(27)22-17-9-11-19(12-10-17)24-23-18-7-5-4-6-8-18/h4-12H,13-14H2,1-3H3,(H,22,27). The van der Waals surface area contributed by atoms with E-state index in [4.69, 9.17) is 0 Å². The van der Waals surface area contributed by atoms with E-state index in [0.29, 0.717) is 12.8 Å². The average molecular weight is 361 g/mol. The number of carbonyl (C=O) groups is 1. The smallest absolute Gasteiger partial charge is 0.224 e. The van der Waals surface area contributed by atoms with E-state index < -0.39 is 0 Å². The molecular weight excluding hydrogens is 338 g/mol. The summed E-state index contributed by atoms with van der Waals surface area (Å²) >= 11 is 0. The minimum atomic E-state index is -0.0173. The molecule has 0 spiro atoms. The number of amides is 1. The quantitative estimate of drug-likeness (QED) is 0.626. The molecular formula is C21H23N5O. The van der Waals surface area contributed by atoms with Crippen LogP contribution in [0.15, 0.2) is 64.8 Å². The molecule has 1 aromatic heterocycles. The van der Waals surface area contributed by atoms with Gasteiger partial charge in [0.1, 0.15) is 0 Å². The molecule has 6 heteroatoms. The molecule has 0 unspecified atom stereocenters. The zero-order chi connectivity index (χ0) is 19.2. The van der Waals surface area contributed by atoms with Crippen LogP contribution in [0.2, 0.25) is 0 Å². The Kier molecular flexibility index (Phi) is 5.76. The molecule has 3 rings (SSSR count). The van der Waals surface area contributed by atoms with E-state index in [1.165, 1.54) is 0 Å². The fraction of sp³-hybridized carbons (Fsp3) is 0.238. The van der Waals surface area contributed by atoms with Crippen LogP contribution in [0.4, 0.5) is 17.1 Å². The summed E-state index contributed by atoms with van der Waals surface area (Å²) < 4.78 is 1.85. The average Bonchev–Trinajstić information content (AvgIpc) is 2.92. The first-order valence-corrected chi connectivity index (χ1v) is 8.88. The van der Waals surface area contributed by atoms with Crippen molar-refractivity contribution in [1.82, 2.24) is 9.78 Å². The van der Waals surface area contributed by atoms with Gasteiger partial charge < -0.3 is 5.32 Å². The van der Waals surface area contributed by atoms with Crippen molar-refractivity contribution in [2.45, 2.75) is 26.7 Å². The topological polar surface area (TPSA) is 71.6 Å². The number of aromatic nitrogens is 2. The first kappa shape index (κ1) is 18.5. The molecule has 0 aliphatic heterocycles. The Bertz CT molecular complexity index is 943. The van der Waals surface area contributed by atoms with Gasteiger partial charge >= 0.3 is 0 Å². The van der Waals surface area contributed by atoms with Crippen molar-refractivity contribution in [1.29, 1.82) is 0 Å². The van der Waals surface area contributed by atoms with E-state index in [1.807, 2.05) is 80.2 Å². The monoisotopic (exact) mass is 361 g/mol. The number of hydrogen-bond donors (Lipinski definition) is 1. The fourth-order valence-corrected chi connectivity index (χ4v) is 2.86. The number of carbonyl (C=O) groups excluding carboxylic acids is 1. The summed E-state index contributed by atoms with van der Waals surface area (Å²) in [5, 5.41) is 15.7. The highest BCUT2D eigenvalue weighted by molar-refractivity contribution is 5.91. The summed E-state index contributed by atoms with van der Waals surface area (Å²) in [6.45, 7) is 4.00. The summed E-state index contributed by atoms with van der Waals surface area (Å²) in [6, 6.07) is 16.9. The summed E-state index contributed by atoms with van der Waals surface area (Å²) in [7, 11) is 1.92. The molecule has 0 aliphatic carbocycles. The lowest BCUT2D eigenvalue weighted by molar-refractivity contribution is -0.116. The van der Waals surface area contributed by atoms with Crippen LogP contribution >= 0.6 is 0 Å². The van der Waals surface area contributed by atoms with Crippen molar-refractivity contribution in [2.24, 2.45) is 17.3 Å². The lowest BCUT2D eigenvalue weighted by Gasteiger charge is -2.06. The van der Waals surface area contributed by atoms with Crippen molar-refractivity contribution < 1.29 is 4.79 Å². The third-order valence-corrected chi connectivity index (χ3v) is 4.45. The second kappa shape index (κ2) is 8.40. The Morgan fingerprint density at radius 1 is 1.00 bits per heavy atom. The second-order valence-corrected chi connectivity index (χ2v) is 6.40. The van der Waals surface area contributed by atoms with Crippen LogP contribution in [-0.2, 0) is 18.3 Å². The molecule has 1 N–H and O–H groups in total. The van der Waals surface area contributed by atoms with Crippen molar-refractivity contribution in [3.05, 3.63) is 71.5 Å². The van der Waals surface area contributed by atoms with Gasteiger partial charge in [-0.3, -0.25) is 9.48 Å². The van der Waals surface area contributed by atoms with E-state index in [0.717, 1.165) is 34.0 Å². The molecule has 1 heterocycles. The van der Waals surface area contributed by atoms with Crippen LogP contribution in [0.1, 0.15) is 23.4 Å². The summed E-state index contributed by atoms with van der Waals surface area (Å²) in [5.74, 6) is -0.0173. The number of nitrogens with one attached hydrogen (secondary N) is 1. The Morgan fingerprint density at radius 2 is 1.63 bits per heavy atom. The SMILES string of the molecule is Cc1nn(C)c(C)c1CCC(=O)Nc1ccc(N=Nc2ccccc2)cc1. The Labute approximate surface area is 159 Å². The molecule has 0 atom stereocenters. The zero-order valence-electron chi connectivity index (χ0n) is 15.8. The third-order valence-electron chi connectivity index (χ3n) is 4.45. The Morgan fingerprint density at radius 3 is 2.22 bits per heavy atom. The van der Waals surface area contributed by atoms with Gasteiger partial charge in [0.15, 0.2) is 0 Å². The highest BCUT2D eigenvalue weighted by Crippen LogP contribution is 2.20. The predicted molar refractivity (Wildman–Crippen MR) is 107 cm³/mol. The van der Waals surface area contributed by atoms with Crippen LogP contribution < -0.4 is 5.32 Å². The van der Waals surface area contributed by atoms with Crippen molar-refractivity contribution in [2.75, 3.05) is 5.32 Å². The van der Waals surface area contributed by atoms with E-state index in [9.17, 15) is 4.79 Å². The number of anilines is 1. The number of hydrogen-bond acceptors (Lipinski definition) is 4. The molecule has 3 aromatic rings. The number of aryl methyl sites for hydroxylation is 2. The number of benzene rings is 2. The van der Waals surface area contributed by atoms with E-state index in [1.54, 1.807) is 0 Å². The maximum Gasteiger partial charge on any atom is 0.224 e. The lowest BCUT2D eigenvalue weighted by Crippen LogP contribution is -2.12. The van der Waals surface area contributed by atoms with E-state index in [-0.39, 0.29) is 5.91 Å². The largest absolute Gasteiger partial charge is 0.326 e. The molecule has 0 aliphatic rings. The number of azo groups is 1. The molecule has 0 radical (unpaired) electrons. The van der Waals surface area contributed by atoms with Gasteiger partial charge in [-0.2, -0.15) is 15.3 Å². The fourth-order valence-electron chi connectivity index (χ4n) is 2.86. The van der Waals surface area contributed by atoms with Crippen LogP contribution in [-0.4, -0.2) is 15.7 Å². The molecule has 6 nitrogen and oxygen atoms in total. The van der Waals surface area contributed by atoms with Gasteiger partial charge in [0.05, 0.1) is 17.1 Å². The van der Waals surface area contributed by atoms with Crippen molar-refractivity contribution >= 4 is 23.0 Å².